The van der Waals surface area contributed by atoms with Crippen molar-refractivity contribution >= 4 is 27.7 Å². The third-order valence-corrected chi connectivity index (χ3v) is 3.92. The molecule has 0 fully saturated rings. The highest BCUT2D eigenvalue weighted by molar-refractivity contribution is 9.10. The van der Waals surface area contributed by atoms with E-state index in [1.165, 1.54) is 12.1 Å². The third kappa shape index (κ3) is 4.23. The van der Waals surface area contributed by atoms with E-state index in [0.717, 1.165) is 12.2 Å². The highest BCUT2D eigenvalue weighted by Crippen LogP contribution is 2.21. The SMILES string of the molecule is CCC(CSC)NCc1c(F)ccc(Br)c1F. The average molecular weight is 324 g/mol. The van der Waals surface area contributed by atoms with Gasteiger partial charge in [0.15, 0.2) is 0 Å². The summed E-state index contributed by atoms with van der Waals surface area (Å²) in [5.41, 5.74) is 0.0962. The van der Waals surface area contributed by atoms with Crippen LogP contribution >= 0.6 is 27.7 Å². The Kier molecular flexibility index (Phi) is 6.44. The summed E-state index contributed by atoms with van der Waals surface area (Å²) in [4.78, 5) is 0. The Morgan fingerprint density at radius 3 is 2.71 bits per heavy atom. The summed E-state index contributed by atoms with van der Waals surface area (Å²) in [5, 5.41) is 3.17. The van der Waals surface area contributed by atoms with Gasteiger partial charge >= 0.3 is 0 Å². The second-order valence-electron chi connectivity index (χ2n) is 3.76. The van der Waals surface area contributed by atoms with Crippen LogP contribution in [0.15, 0.2) is 16.6 Å². The lowest BCUT2D eigenvalue weighted by Crippen LogP contribution is -2.30. The van der Waals surface area contributed by atoms with Crippen LogP contribution in [0.25, 0.3) is 0 Å². The summed E-state index contributed by atoms with van der Waals surface area (Å²) in [6, 6.07) is 2.94. The fourth-order valence-corrected chi connectivity index (χ4v) is 2.63. The minimum atomic E-state index is -0.517. The van der Waals surface area contributed by atoms with Crippen molar-refractivity contribution in [3.8, 4) is 0 Å². The molecule has 96 valence electrons. The minimum absolute atomic E-state index is 0.0962. The van der Waals surface area contributed by atoms with Gasteiger partial charge in [0.2, 0.25) is 0 Å². The zero-order chi connectivity index (χ0) is 12.8. The molecule has 0 heterocycles. The van der Waals surface area contributed by atoms with E-state index in [1.54, 1.807) is 11.8 Å². The first-order valence-corrected chi connectivity index (χ1v) is 7.63. The molecule has 0 amide bonds. The van der Waals surface area contributed by atoms with Crippen LogP contribution in [-0.2, 0) is 6.54 Å². The predicted octanol–water partition coefficient (Wildman–Crippen LogP) is 3.96. The van der Waals surface area contributed by atoms with Crippen LogP contribution < -0.4 is 5.32 Å². The molecule has 1 rings (SSSR count). The molecule has 1 atom stereocenters. The Bertz CT molecular complexity index is 374. The largest absolute Gasteiger partial charge is 0.309 e. The first-order chi connectivity index (χ1) is 8.10. The topological polar surface area (TPSA) is 12.0 Å². The maximum Gasteiger partial charge on any atom is 0.144 e. The second-order valence-corrected chi connectivity index (χ2v) is 5.53. The molecule has 0 aliphatic heterocycles. The zero-order valence-electron chi connectivity index (χ0n) is 9.90. The highest BCUT2D eigenvalue weighted by Gasteiger charge is 2.13. The molecule has 0 bridgehead atoms. The highest BCUT2D eigenvalue weighted by atomic mass is 79.9. The smallest absolute Gasteiger partial charge is 0.144 e. The summed E-state index contributed by atoms with van der Waals surface area (Å²) in [5.74, 6) is -0.0815. The predicted molar refractivity (Wildman–Crippen MR) is 73.4 cm³/mol. The van der Waals surface area contributed by atoms with Crippen LogP contribution in [0.3, 0.4) is 0 Å². The van der Waals surface area contributed by atoms with Crippen molar-refractivity contribution in [1.29, 1.82) is 0 Å². The van der Waals surface area contributed by atoms with Crippen molar-refractivity contribution in [3.63, 3.8) is 0 Å². The fourth-order valence-electron chi connectivity index (χ4n) is 1.50. The number of thioether (sulfide) groups is 1. The molecule has 0 aliphatic rings. The number of benzene rings is 1. The van der Waals surface area contributed by atoms with E-state index in [2.05, 4.69) is 28.2 Å². The van der Waals surface area contributed by atoms with Gasteiger partial charge in [-0.25, -0.2) is 8.78 Å². The van der Waals surface area contributed by atoms with E-state index < -0.39 is 11.6 Å². The van der Waals surface area contributed by atoms with E-state index in [0.29, 0.717) is 4.47 Å². The Hall–Kier alpha value is -0.130. The molecule has 1 aromatic carbocycles. The molecule has 17 heavy (non-hydrogen) atoms. The standard InChI is InChI=1S/C12H16BrF2NS/c1-3-8(7-17-2)16-6-9-11(14)5-4-10(13)12(9)15/h4-5,8,16H,3,6-7H2,1-2H3. The van der Waals surface area contributed by atoms with E-state index >= 15 is 0 Å². The lowest BCUT2D eigenvalue weighted by molar-refractivity contribution is 0.494. The minimum Gasteiger partial charge on any atom is -0.309 e. The molecule has 1 aromatic rings. The third-order valence-electron chi connectivity index (χ3n) is 2.57. The Labute approximate surface area is 113 Å². The molecule has 1 nitrogen and oxygen atoms in total. The Morgan fingerprint density at radius 2 is 2.12 bits per heavy atom. The molecule has 0 aliphatic carbocycles. The van der Waals surface area contributed by atoms with E-state index in [9.17, 15) is 8.78 Å². The van der Waals surface area contributed by atoms with Crippen LogP contribution in [0, 0.1) is 11.6 Å². The van der Waals surface area contributed by atoms with Gasteiger partial charge in [-0.1, -0.05) is 6.92 Å². The monoisotopic (exact) mass is 323 g/mol. The first-order valence-electron chi connectivity index (χ1n) is 5.44. The van der Waals surface area contributed by atoms with Gasteiger partial charge in [-0.2, -0.15) is 11.8 Å². The molecular formula is C12H16BrF2NS. The van der Waals surface area contributed by atoms with E-state index in [-0.39, 0.29) is 18.2 Å². The summed E-state index contributed by atoms with van der Waals surface area (Å²) in [7, 11) is 0. The lowest BCUT2D eigenvalue weighted by Gasteiger charge is -2.16. The first kappa shape index (κ1) is 14.9. The van der Waals surface area contributed by atoms with Gasteiger partial charge in [-0.3, -0.25) is 0 Å². The fraction of sp³-hybridized carbons (Fsp3) is 0.500. The van der Waals surface area contributed by atoms with Crippen LogP contribution in [0.2, 0.25) is 0 Å². The molecule has 0 saturated heterocycles. The van der Waals surface area contributed by atoms with Gasteiger partial charge < -0.3 is 5.32 Å². The summed E-state index contributed by atoms with van der Waals surface area (Å²) in [6.45, 7) is 2.28. The molecule has 0 spiro atoms. The van der Waals surface area contributed by atoms with Crippen molar-refractivity contribution < 1.29 is 8.78 Å². The van der Waals surface area contributed by atoms with E-state index in [4.69, 9.17) is 0 Å². The summed E-state index contributed by atoms with van der Waals surface area (Å²) in [6.07, 6.45) is 2.96. The van der Waals surface area contributed by atoms with Gasteiger partial charge in [-0.05, 0) is 40.7 Å². The quantitative estimate of drug-likeness (QED) is 0.795. The molecule has 0 saturated carbocycles. The van der Waals surface area contributed by atoms with Gasteiger partial charge in [0.1, 0.15) is 11.6 Å². The number of halogens is 3. The maximum atomic E-state index is 13.7. The van der Waals surface area contributed by atoms with Gasteiger partial charge in [-0.15, -0.1) is 0 Å². The van der Waals surface area contributed by atoms with Gasteiger partial charge in [0.25, 0.3) is 0 Å². The molecule has 1 N–H and O–H groups in total. The number of nitrogens with one attached hydrogen (secondary N) is 1. The van der Waals surface area contributed by atoms with Crippen LogP contribution in [0.4, 0.5) is 8.78 Å². The number of hydrogen-bond acceptors (Lipinski definition) is 2. The second kappa shape index (κ2) is 7.34. The molecule has 0 aromatic heterocycles. The van der Waals surface area contributed by atoms with Gasteiger partial charge in [0, 0.05) is 23.9 Å². The maximum absolute atomic E-state index is 13.7. The molecule has 1 unspecified atom stereocenters. The van der Waals surface area contributed by atoms with Crippen molar-refractivity contribution in [2.24, 2.45) is 0 Å². The van der Waals surface area contributed by atoms with Crippen molar-refractivity contribution in [1.82, 2.24) is 5.32 Å². The van der Waals surface area contributed by atoms with Crippen molar-refractivity contribution in [2.75, 3.05) is 12.0 Å². The number of hydrogen-bond donors (Lipinski definition) is 1. The van der Waals surface area contributed by atoms with Crippen LogP contribution in [0.1, 0.15) is 18.9 Å². The van der Waals surface area contributed by atoms with Crippen molar-refractivity contribution in [2.45, 2.75) is 25.9 Å². The van der Waals surface area contributed by atoms with Crippen LogP contribution in [-0.4, -0.2) is 18.1 Å². The Morgan fingerprint density at radius 1 is 1.41 bits per heavy atom. The zero-order valence-corrected chi connectivity index (χ0v) is 12.3. The molecular weight excluding hydrogens is 308 g/mol. The van der Waals surface area contributed by atoms with E-state index in [1.807, 2.05) is 6.26 Å². The van der Waals surface area contributed by atoms with Crippen LogP contribution in [0.5, 0.6) is 0 Å². The summed E-state index contributed by atoms with van der Waals surface area (Å²) >= 11 is 4.78. The van der Waals surface area contributed by atoms with Gasteiger partial charge in [0.05, 0.1) is 4.47 Å². The summed E-state index contributed by atoms with van der Waals surface area (Å²) < 4.78 is 27.4. The lowest BCUT2D eigenvalue weighted by atomic mass is 10.1. The van der Waals surface area contributed by atoms with Crippen molar-refractivity contribution in [3.05, 3.63) is 33.8 Å². The average Bonchev–Trinajstić information content (AvgIpc) is 2.32. The molecule has 5 heteroatoms. The molecule has 0 radical (unpaired) electrons. The Balaban J connectivity index is 2.71. The number of rotatable bonds is 6. The normalized spacial score (nSPS) is 12.8.